The highest BCUT2D eigenvalue weighted by molar-refractivity contribution is 9.11. The van der Waals surface area contributed by atoms with E-state index in [0.29, 0.717) is 0 Å². The molecule has 5 heteroatoms. The number of nitrogens with zero attached hydrogens (tertiary/aromatic N) is 1. The second-order valence-corrected chi connectivity index (χ2v) is 8.61. The predicted octanol–water partition coefficient (Wildman–Crippen LogP) is 5.68. The first-order valence-electron chi connectivity index (χ1n) is 7.01. The van der Waals surface area contributed by atoms with Crippen LogP contribution in [0.15, 0.2) is 32.1 Å². The van der Waals surface area contributed by atoms with Crippen LogP contribution in [0, 0.1) is 5.92 Å². The Labute approximate surface area is 141 Å². The van der Waals surface area contributed by atoms with Gasteiger partial charge in [-0.15, -0.1) is 0 Å². The molecule has 2 unspecified atom stereocenters. The quantitative estimate of drug-likeness (QED) is 0.635. The molecule has 1 fully saturated rings. The highest BCUT2D eigenvalue weighted by Crippen LogP contribution is 2.42. The molecule has 3 rings (SSSR count). The highest BCUT2D eigenvalue weighted by Gasteiger charge is 2.39. The Balaban J connectivity index is 1.75. The fourth-order valence-electron chi connectivity index (χ4n) is 3.12. The molecule has 2 aliphatic rings. The summed E-state index contributed by atoms with van der Waals surface area (Å²) < 4.78 is 2.14. The van der Waals surface area contributed by atoms with E-state index in [4.69, 9.17) is 4.99 Å². The van der Waals surface area contributed by atoms with Crippen molar-refractivity contribution < 1.29 is 0 Å². The van der Waals surface area contributed by atoms with Crippen LogP contribution in [0.5, 0.6) is 0 Å². The van der Waals surface area contributed by atoms with Crippen LogP contribution in [0.1, 0.15) is 32.6 Å². The summed E-state index contributed by atoms with van der Waals surface area (Å²) in [5.74, 6) is 1.94. The van der Waals surface area contributed by atoms with Crippen molar-refractivity contribution in [2.45, 2.75) is 38.1 Å². The molecule has 1 N–H and O–H groups in total. The van der Waals surface area contributed by atoms with E-state index in [1.54, 1.807) is 0 Å². The summed E-state index contributed by atoms with van der Waals surface area (Å²) >= 11 is 8.94. The molecule has 1 aliphatic heterocycles. The number of amidine groups is 1. The number of anilines is 1. The van der Waals surface area contributed by atoms with Gasteiger partial charge in [0.2, 0.25) is 0 Å². The van der Waals surface area contributed by atoms with Crippen molar-refractivity contribution in [3.8, 4) is 0 Å². The molecule has 1 aromatic carbocycles. The number of hydrogen-bond donors (Lipinski definition) is 1. The van der Waals surface area contributed by atoms with Gasteiger partial charge in [-0.25, -0.2) is 0 Å². The third-order valence-electron chi connectivity index (χ3n) is 4.06. The largest absolute Gasteiger partial charge is 0.334 e. The Morgan fingerprint density at radius 3 is 3.00 bits per heavy atom. The zero-order valence-corrected chi connectivity index (χ0v) is 15.4. The third-order valence-corrected chi connectivity index (χ3v) is 6.35. The zero-order chi connectivity index (χ0) is 14.2. The summed E-state index contributed by atoms with van der Waals surface area (Å²) in [5.41, 5.74) is 1.28. The molecule has 108 valence electrons. The molecule has 2 nitrogen and oxygen atoms in total. The maximum absolute atomic E-state index is 5.02. The Kier molecular flexibility index (Phi) is 4.48. The molecular weight excluding hydrogens is 400 g/mol. The summed E-state index contributed by atoms with van der Waals surface area (Å²) in [6.07, 6.45) is 5.17. The van der Waals surface area contributed by atoms with Crippen LogP contribution in [-0.2, 0) is 0 Å². The lowest BCUT2D eigenvalue weighted by Crippen LogP contribution is -2.33. The molecule has 0 radical (unpaired) electrons. The lowest BCUT2D eigenvalue weighted by atomic mass is 9.78. The van der Waals surface area contributed by atoms with Crippen molar-refractivity contribution in [2.24, 2.45) is 10.9 Å². The smallest absolute Gasteiger partial charge is 0.161 e. The molecule has 1 aromatic rings. The summed E-state index contributed by atoms with van der Waals surface area (Å²) in [6, 6.07) is 6.18. The van der Waals surface area contributed by atoms with Crippen LogP contribution < -0.4 is 5.32 Å². The summed E-state index contributed by atoms with van der Waals surface area (Å²) in [5, 5.41) is 4.54. The highest BCUT2D eigenvalue weighted by atomic mass is 79.9. The average Bonchev–Trinajstić information content (AvgIpc) is 2.75. The topological polar surface area (TPSA) is 24.4 Å². The van der Waals surface area contributed by atoms with Crippen LogP contribution in [0.2, 0.25) is 0 Å². The third kappa shape index (κ3) is 3.25. The average molecular weight is 418 g/mol. The lowest BCUT2D eigenvalue weighted by molar-refractivity contribution is 0.266. The number of aliphatic imine (C=N–C) groups is 1. The fourth-order valence-corrected chi connectivity index (χ4v) is 5.44. The van der Waals surface area contributed by atoms with Gasteiger partial charge >= 0.3 is 0 Å². The summed E-state index contributed by atoms with van der Waals surface area (Å²) in [7, 11) is 0. The van der Waals surface area contributed by atoms with Gasteiger partial charge < -0.3 is 5.32 Å². The van der Waals surface area contributed by atoms with E-state index in [-0.39, 0.29) is 5.54 Å². The summed E-state index contributed by atoms with van der Waals surface area (Å²) in [6.45, 7) is 2.36. The second kappa shape index (κ2) is 6.01. The Bertz CT molecular complexity index is 547. The molecule has 2 atom stereocenters. The number of thioether (sulfide) groups is 1. The molecule has 0 amide bonds. The van der Waals surface area contributed by atoms with E-state index in [1.165, 1.54) is 25.7 Å². The van der Waals surface area contributed by atoms with Gasteiger partial charge in [0, 0.05) is 14.7 Å². The molecule has 1 saturated carbocycles. The van der Waals surface area contributed by atoms with E-state index >= 15 is 0 Å². The van der Waals surface area contributed by atoms with E-state index in [9.17, 15) is 0 Å². The van der Waals surface area contributed by atoms with Gasteiger partial charge in [0.1, 0.15) is 0 Å². The molecule has 0 bridgehead atoms. The Morgan fingerprint density at radius 2 is 2.25 bits per heavy atom. The van der Waals surface area contributed by atoms with Crippen molar-refractivity contribution in [2.75, 3.05) is 11.1 Å². The molecule has 20 heavy (non-hydrogen) atoms. The number of hydrogen-bond acceptors (Lipinski definition) is 3. The minimum absolute atomic E-state index is 0.201. The van der Waals surface area contributed by atoms with Crippen molar-refractivity contribution in [1.29, 1.82) is 0 Å². The van der Waals surface area contributed by atoms with Gasteiger partial charge in [0.15, 0.2) is 5.17 Å². The SMILES string of the molecule is CC1CCCC2(CSC(Nc3ccc(Br)cc3Br)=N2)C1. The van der Waals surface area contributed by atoms with Gasteiger partial charge in [-0.2, -0.15) is 0 Å². The molecule has 1 heterocycles. The number of benzene rings is 1. The maximum Gasteiger partial charge on any atom is 0.161 e. The van der Waals surface area contributed by atoms with Gasteiger partial charge in [0.25, 0.3) is 0 Å². The first-order chi connectivity index (χ1) is 9.56. The standard InChI is InChI=1S/C15H18Br2N2S/c1-10-3-2-6-15(8-10)9-20-14(19-15)18-13-5-4-11(16)7-12(13)17/h4-5,7,10H,2-3,6,8-9H2,1H3,(H,18,19). The van der Waals surface area contributed by atoms with Crippen molar-refractivity contribution in [1.82, 2.24) is 0 Å². The molecule has 1 aliphatic carbocycles. The molecule has 0 saturated heterocycles. The number of halogens is 2. The van der Waals surface area contributed by atoms with E-state index in [0.717, 1.165) is 31.5 Å². The van der Waals surface area contributed by atoms with Crippen LogP contribution in [-0.4, -0.2) is 16.5 Å². The Morgan fingerprint density at radius 1 is 1.40 bits per heavy atom. The summed E-state index contributed by atoms with van der Waals surface area (Å²) in [4.78, 5) is 5.02. The first-order valence-corrected chi connectivity index (χ1v) is 9.58. The van der Waals surface area contributed by atoms with E-state index in [2.05, 4.69) is 56.2 Å². The van der Waals surface area contributed by atoms with Crippen LogP contribution >= 0.6 is 43.6 Å². The first kappa shape index (κ1) is 14.9. The minimum Gasteiger partial charge on any atom is -0.334 e. The van der Waals surface area contributed by atoms with Gasteiger partial charge in [-0.1, -0.05) is 47.5 Å². The van der Waals surface area contributed by atoms with Gasteiger partial charge in [0.05, 0.1) is 11.2 Å². The van der Waals surface area contributed by atoms with Crippen molar-refractivity contribution in [3.05, 3.63) is 27.1 Å². The van der Waals surface area contributed by atoms with E-state index in [1.807, 2.05) is 17.8 Å². The fraction of sp³-hybridized carbons (Fsp3) is 0.533. The second-order valence-electron chi connectivity index (χ2n) is 5.88. The monoisotopic (exact) mass is 416 g/mol. The number of rotatable bonds is 1. The zero-order valence-electron chi connectivity index (χ0n) is 11.5. The van der Waals surface area contributed by atoms with Crippen LogP contribution in [0.25, 0.3) is 0 Å². The van der Waals surface area contributed by atoms with Crippen molar-refractivity contribution in [3.63, 3.8) is 0 Å². The number of nitrogens with one attached hydrogen (secondary N) is 1. The molecular formula is C15H18Br2N2S. The van der Waals surface area contributed by atoms with Crippen LogP contribution in [0.4, 0.5) is 5.69 Å². The van der Waals surface area contributed by atoms with Gasteiger partial charge in [-0.05, 0) is 52.9 Å². The molecule has 0 aromatic heterocycles. The van der Waals surface area contributed by atoms with Gasteiger partial charge in [-0.3, -0.25) is 4.99 Å². The van der Waals surface area contributed by atoms with Crippen molar-refractivity contribution >= 4 is 54.5 Å². The molecule has 1 spiro atoms. The lowest BCUT2D eigenvalue weighted by Gasteiger charge is -2.33. The predicted molar refractivity (Wildman–Crippen MR) is 95.7 cm³/mol. The minimum atomic E-state index is 0.201. The van der Waals surface area contributed by atoms with E-state index < -0.39 is 0 Å². The Hall–Kier alpha value is -0.0000000000000000555. The maximum atomic E-state index is 5.02. The normalized spacial score (nSPS) is 29.6. The van der Waals surface area contributed by atoms with Crippen LogP contribution in [0.3, 0.4) is 0 Å².